The van der Waals surface area contributed by atoms with Crippen LogP contribution in [0.2, 0.25) is 0 Å². The molecule has 3 aromatic rings. The zero-order chi connectivity index (χ0) is 26.4. The Morgan fingerprint density at radius 3 is 2.51 bits per heavy atom. The van der Waals surface area contributed by atoms with Crippen LogP contribution in [0, 0.1) is 24.7 Å². The van der Waals surface area contributed by atoms with Gasteiger partial charge in [-0.1, -0.05) is 42.2 Å². The van der Waals surface area contributed by atoms with Crippen LogP contribution in [0.25, 0.3) is 0 Å². The Labute approximate surface area is 214 Å². The standard InChI is InChI=1S/C28H30F3N5O/c1-18-5-4-6-19(15-18)11-14-23-24(16-20-9-12-22(32)13-10-20)35-27(36-26(23)33)34-17-21-7-2-3-8-25(21)37-28(29,30)31/h2-8,15,20,22H,9-10,12-13,16-17,32H2,1H3,(H3,33,34,35,36)/t20-,22-. The third-order valence-electron chi connectivity index (χ3n) is 6.37. The number of nitrogens with one attached hydrogen (secondary N) is 1. The van der Waals surface area contributed by atoms with E-state index in [0.717, 1.165) is 42.5 Å². The van der Waals surface area contributed by atoms with Gasteiger partial charge in [0, 0.05) is 23.7 Å². The number of aromatic nitrogens is 2. The lowest BCUT2D eigenvalue weighted by atomic mass is 9.83. The summed E-state index contributed by atoms with van der Waals surface area (Å²) in [4.78, 5) is 9.05. The Morgan fingerprint density at radius 2 is 1.78 bits per heavy atom. The van der Waals surface area contributed by atoms with Crippen molar-refractivity contribution in [2.45, 2.75) is 58.0 Å². The number of hydrogen-bond donors (Lipinski definition) is 3. The highest BCUT2D eigenvalue weighted by Gasteiger charge is 2.32. The highest BCUT2D eigenvalue weighted by molar-refractivity contribution is 5.58. The monoisotopic (exact) mass is 509 g/mol. The maximum Gasteiger partial charge on any atom is 0.573 e. The summed E-state index contributed by atoms with van der Waals surface area (Å²) < 4.78 is 42.5. The van der Waals surface area contributed by atoms with Gasteiger partial charge in [0.2, 0.25) is 5.95 Å². The number of nitrogen functional groups attached to an aromatic ring is 1. The van der Waals surface area contributed by atoms with E-state index in [1.807, 2.05) is 31.2 Å². The van der Waals surface area contributed by atoms with Crippen LogP contribution >= 0.6 is 0 Å². The van der Waals surface area contributed by atoms with Gasteiger partial charge in [-0.05, 0) is 68.7 Å². The smallest absolute Gasteiger partial charge is 0.405 e. The Balaban J connectivity index is 1.61. The number of benzene rings is 2. The lowest BCUT2D eigenvalue weighted by molar-refractivity contribution is -0.274. The van der Waals surface area contributed by atoms with E-state index in [9.17, 15) is 13.2 Å². The Kier molecular flexibility index (Phi) is 8.19. The molecule has 37 heavy (non-hydrogen) atoms. The van der Waals surface area contributed by atoms with Gasteiger partial charge in [0.25, 0.3) is 0 Å². The van der Waals surface area contributed by atoms with Gasteiger partial charge >= 0.3 is 6.36 Å². The Morgan fingerprint density at radius 1 is 1.03 bits per heavy atom. The summed E-state index contributed by atoms with van der Waals surface area (Å²) in [5, 5.41) is 3.00. The van der Waals surface area contributed by atoms with Crippen molar-refractivity contribution in [3.05, 3.63) is 76.5 Å². The van der Waals surface area contributed by atoms with Crippen molar-refractivity contribution in [3.8, 4) is 17.6 Å². The zero-order valence-electron chi connectivity index (χ0n) is 20.6. The molecule has 0 unspecified atom stereocenters. The first kappa shape index (κ1) is 26.3. The molecule has 0 amide bonds. The number of ether oxygens (including phenoxy) is 1. The van der Waals surface area contributed by atoms with E-state index < -0.39 is 6.36 Å². The Bertz CT molecular complexity index is 1290. The minimum atomic E-state index is -4.79. The molecule has 5 N–H and O–H groups in total. The maximum atomic E-state index is 12.8. The molecule has 0 atom stereocenters. The predicted octanol–water partition coefficient (Wildman–Crippen LogP) is 5.34. The van der Waals surface area contributed by atoms with Crippen molar-refractivity contribution in [2.75, 3.05) is 11.1 Å². The topological polar surface area (TPSA) is 99.1 Å². The highest BCUT2D eigenvalue weighted by atomic mass is 19.4. The molecule has 1 aromatic heterocycles. The molecule has 0 radical (unpaired) electrons. The number of alkyl halides is 3. The quantitative estimate of drug-likeness (QED) is 0.388. The second kappa shape index (κ2) is 11.5. The number of anilines is 2. The fraction of sp³-hybridized carbons (Fsp3) is 0.357. The molecule has 4 rings (SSSR count). The van der Waals surface area contributed by atoms with E-state index in [0.29, 0.717) is 23.5 Å². The second-order valence-electron chi connectivity index (χ2n) is 9.37. The normalized spacial score (nSPS) is 17.5. The summed E-state index contributed by atoms with van der Waals surface area (Å²) in [5.74, 6) is 6.88. The summed E-state index contributed by atoms with van der Waals surface area (Å²) >= 11 is 0. The number of nitrogens with two attached hydrogens (primary N) is 2. The molecule has 0 saturated heterocycles. The molecule has 0 aliphatic heterocycles. The fourth-order valence-electron chi connectivity index (χ4n) is 4.46. The minimum absolute atomic E-state index is 0.0255. The molecule has 0 spiro atoms. The number of hydrogen-bond acceptors (Lipinski definition) is 6. The maximum absolute atomic E-state index is 12.8. The zero-order valence-corrected chi connectivity index (χ0v) is 20.6. The summed E-state index contributed by atoms with van der Waals surface area (Å²) in [7, 11) is 0. The molecule has 1 aliphatic carbocycles. The molecule has 1 fully saturated rings. The average molecular weight is 510 g/mol. The molecule has 0 bridgehead atoms. The molecule has 6 nitrogen and oxygen atoms in total. The van der Waals surface area contributed by atoms with Crippen LogP contribution in [-0.2, 0) is 13.0 Å². The first-order valence-electron chi connectivity index (χ1n) is 12.2. The van der Waals surface area contributed by atoms with E-state index in [2.05, 4.69) is 26.9 Å². The fourth-order valence-corrected chi connectivity index (χ4v) is 4.46. The summed E-state index contributed by atoms with van der Waals surface area (Å²) in [6.07, 6.45) is -0.237. The molecule has 1 aliphatic rings. The SMILES string of the molecule is Cc1cccc(C#Cc2c(N)nc(NCc3ccccc3OC(F)(F)F)nc2C[C@H]2CC[C@H](N)CC2)c1. The van der Waals surface area contributed by atoms with Crippen LogP contribution in [0.5, 0.6) is 5.75 Å². The van der Waals surface area contributed by atoms with Crippen LogP contribution < -0.4 is 21.5 Å². The molecule has 1 heterocycles. The van der Waals surface area contributed by atoms with Gasteiger partial charge in [-0.2, -0.15) is 4.98 Å². The predicted molar refractivity (Wildman–Crippen MR) is 138 cm³/mol. The summed E-state index contributed by atoms with van der Waals surface area (Å²) in [6, 6.07) is 14.0. The number of halogens is 3. The van der Waals surface area contributed by atoms with Gasteiger partial charge in [-0.3, -0.25) is 0 Å². The third kappa shape index (κ3) is 7.61. The molecule has 1 saturated carbocycles. The average Bonchev–Trinajstić information content (AvgIpc) is 2.83. The molecular weight excluding hydrogens is 479 g/mol. The van der Waals surface area contributed by atoms with Gasteiger partial charge in [-0.25, -0.2) is 4.98 Å². The van der Waals surface area contributed by atoms with E-state index in [1.54, 1.807) is 12.1 Å². The number of nitrogens with zero attached hydrogens (tertiary/aromatic N) is 2. The summed E-state index contributed by atoms with van der Waals surface area (Å²) in [6.45, 7) is 2.03. The summed E-state index contributed by atoms with van der Waals surface area (Å²) in [5.41, 5.74) is 16.0. The van der Waals surface area contributed by atoms with E-state index in [-0.39, 0.29) is 30.1 Å². The Hall–Kier alpha value is -3.77. The van der Waals surface area contributed by atoms with Crippen LogP contribution in [0.15, 0.2) is 48.5 Å². The molecule has 9 heteroatoms. The van der Waals surface area contributed by atoms with Crippen LogP contribution in [0.3, 0.4) is 0 Å². The molecular formula is C28H30F3N5O. The number of rotatable bonds is 6. The van der Waals surface area contributed by atoms with Gasteiger partial charge in [0.05, 0.1) is 11.3 Å². The van der Waals surface area contributed by atoms with Gasteiger partial charge in [0.15, 0.2) is 0 Å². The lowest BCUT2D eigenvalue weighted by Crippen LogP contribution is -2.27. The van der Waals surface area contributed by atoms with Crippen molar-refractivity contribution in [3.63, 3.8) is 0 Å². The van der Waals surface area contributed by atoms with Crippen LogP contribution in [0.1, 0.15) is 53.6 Å². The van der Waals surface area contributed by atoms with Gasteiger partial charge in [0.1, 0.15) is 11.6 Å². The second-order valence-corrected chi connectivity index (χ2v) is 9.37. The van der Waals surface area contributed by atoms with E-state index >= 15 is 0 Å². The first-order valence-corrected chi connectivity index (χ1v) is 12.2. The highest BCUT2D eigenvalue weighted by Crippen LogP contribution is 2.29. The van der Waals surface area contributed by atoms with Gasteiger partial charge in [-0.15, -0.1) is 13.2 Å². The van der Waals surface area contributed by atoms with Crippen molar-refractivity contribution < 1.29 is 17.9 Å². The minimum Gasteiger partial charge on any atom is -0.405 e. The third-order valence-corrected chi connectivity index (χ3v) is 6.37. The van der Waals surface area contributed by atoms with Crippen molar-refractivity contribution >= 4 is 11.8 Å². The van der Waals surface area contributed by atoms with Crippen molar-refractivity contribution in [2.24, 2.45) is 11.7 Å². The van der Waals surface area contributed by atoms with Crippen molar-refractivity contribution in [1.29, 1.82) is 0 Å². The molecule has 2 aromatic carbocycles. The van der Waals surface area contributed by atoms with Crippen LogP contribution in [-0.4, -0.2) is 22.4 Å². The lowest BCUT2D eigenvalue weighted by Gasteiger charge is -2.26. The van der Waals surface area contributed by atoms with Gasteiger partial charge < -0.3 is 21.5 Å². The first-order chi connectivity index (χ1) is 17.7. The molecule has 194 valence electrons. The van der Waals surface area contributed by atoms with Crippen molar-refractivity contribution in [1.82, 2.24) is 9.97 Å². The number of aryl methyl sites for hydroxylation is 1. The van der Waals surface area contributed by atoms with Crippen LogP contribution in [0.4, 0.5) is 24.9 Å². The largest absolute Gasteiger partial charge is 0.573 e. The van der Waals surface area contributed by atoms with E-state index in [1.165, 1.54) is 12.1 Å². The number of para-hydroxylation sites is 1. The van der Waals surface area contributed by atoms with E-state index in [4.69, 9.17) is 16.5 Å².